The quantitative estimate of drug-likeness (QED) is 0.822. The third kappa shape index (κ3) is 2.86. The van der Waals surface area contributed by atoms with Gasteiger partial charge in [0, 0.05) is 18.5 Å². The summed E-state index contributed by atoms with van der Waals surface area (Å²) in [6.45, 7) is 0.930. The molecule has 0 atom stereocenters. The minimum absolute atomic E-state index is 0.737. The SMILES string of the molecule is CN(CCc1cccs1)c1ccccc1C#N. The van der Waals surface area contributed by atoms with Gasteiger partial charge in [-0.3, -0.25) is 0 Å². The first kappa shape index (κ1) is 11.7. The van der Waals surface area contributed by atoms with Crippen LogP contribution in [-0.2, 0) is 6.42 Å². The number of likely N-dealkylation sites (N-methyl/N-ethyl adjacent to an activating group) is 1. The summed E-state index contributed by atoms with van der Waals surface area (Å²) < 4.78 is 0. The van der Waals surface area contributed by atoms with Crippen molar-refractivity contribution in [2.24, 2.45) is 0 Å². The molecule has 3 heteroatoms. The Balaban J connectivity index is 2.05. The van der Waals surface area contributed by atoms with Gasteiger partial charge in [-0.25, -0.2) is 0 Å². The van der Waals surface area contributed by atoms with E-state index in [1.54, 1.807) is 11.3 Å². The van der Waals surface area contributed by atoms with Crippen LogP contribution >= 0.6 is 11.3 Å². The van der Waals surface area contributed by atoms with Crippen molar-refractivity contribution in [3.63, 3.8) is 0 Å². The Morgan fingerprint density at radius 2 is 2.06 bits per heavy atom. The van der Waals surface area contributed by atoms with Crippen molar-refractivity contribution in [1.29, 1.82) is 5.26 Å². The van der Waals surface area contributed by atoms with Crippen molar-refractivity contribution >= 4 is 17.0 Å². The molecule has 1 heterocycles. The average molecular weight is 242 g/mol. The fraction of sp³-hybridized carbons (Fsp3) is 0.214. The van der Waals surface area contributed by atoms with E-state index in [0.29, 0.717) is 0 Å². The highest BCUT2D eigenvalue weighted by molar-refractivity contribution is 7.09. The second-order valence-electron chi connectivity index (χ2n) is 3.88. The van der Waals surface area contributed by atoms with Crippen molar-refractivity contribution < 1.29 is 0 Å². The van der Waals surface area contributed by atoms with Crippen LogP contribution in [0, 0.1) is 11.3 Å². The van der Waals surface area contributed by atoms with Crippen LogP contribution in [0.2, 0.25) is 0 Å². The topological polar surface area (TPSA) is 27.0 Å². The number of rotatable bonds is 4. The third-order valence-electron chi connectivity index (χ3n) is 2.71. The van der Waals surface area contributed by atoms with E-state index >= 15 is 0 Å². The Morgan fingerprint density at radius 3 is 2.76 bits per heavy atom. The molecular weight excluding hydrogens is 228 g/mol. The number of benzene rings is 1. The van der Waals surface area contributed by atoms with E-state index in [2.05, 4.69) is 28.5 Å². The fourth-order valence-electron chi connectivity index (χ4n) is 1.75. The van der Waals surface area contributed by atoms with Gasteiger partial charge in [0.15, 0.2) is 0 Å². The molecule has 0 unspecified atom stereocenters. The summed E-state index contributed by atoms with van der Waals surface area (Å²) in [5.41, 5.74) is 1.74. The number of hydrogen-bond acceptors (Lipinski definition) is 3. The van der Waals surface area contributed by atoms with Crippen molar-refractivity contribution in [3.05, 3.63) is 52.2 Å². The molecule has 0 saturated carbocycles. The van der Waals surface area contributed by atoms with Crippen molar-refractivity contribution in [3.8, 4) is 6.07 Å². The molecule has 0 amide bonds. The highest BCUT2D eigenvalue weighted by Gasteiger charge is 2.06. The van der Waals surface area contributed by atoms with E-state index in [1.807, 2.05) is 31.3 Å². The van der Waals surface area contributed by atoms with Crippen LogP contribution in [0.1, 0.15) is 10.4 Å². The zero-order chi connectivity index (χ0) is 12.1. The zero-order valence-electron chi connectivity index (χ0n) is 9.76. The first-order valence-corrected chi connectivity index (χ1v) is 6.42. The predicted octanol–water partition coefficient (Wildman–Crippen LogP) is 3.30. The van der Waals surface area contributed by atoms with Crippen LogP contribution in [-0.4, -0.2) is 13.6 Å². The number of anilines is 1. The van der Waals surface area contributed by atoms with Gasteiger partial charge in [0.2, 0.25) is 0 Å². The molecule has 0 aliphatic heterocycles. The lowest BCUT2D eigenvalue weighted by Gasteiger charge is -2.19. The molecule has 2 aromatic rings. The minimum atomic E-state index is 0.737. The van der Waals surface area contributed by atoms with Crippen LogP contribution in [0.5, 0.6) is 0 Å². The molecule has 0 aliphatic rings. The molecule has 86 valence electrons. The van der Waals surface area contributed by atoms with Crippen LogP contribution in [0.25, 0.3) is 0 Å². The second kappa shape index (κ2) is 5.51. The number of nitriles is 1. The molecule has 17 heavy (non-hydrogen) atoms. The van der Waals surface area contributed by atoms with Gasteiger partial charge < -0.3 is 4.90 Å². The lowest BCUT2D eigenvalue weighted by molar-refractivity contribution is 0.886. The van der Waals surface area contributed by atoms with Gasteiger partial charge in [0.1, 0.15) is 6.07 Å². The number of thiophene rings is 1. The standard InChI is InChI=1S/C14H14N2S/c1-16(9-8-13-6-4-10-17-13)14-7-3-2-5-12(14)11-15/h2-7,10H,8-9H2,1H3. The maximum atomic E-state index is 9.04. The van der Waals surface area contributed by atoms with E-state index < -0.39 is 0 Å². The number of hydrogen-bond donors (Lipinski definition) is 0. The molecule has 0 N–H and O–H groups in total. The minimum Gasteiger partial charge on any atom is -0.373 e. The second-order valence-corrected chi connectivity index (χ2v) is 4.91. The van der Waals surface area contributed by atoms with Gasteiger partial charge in [-0.2, -0.15) is 5.26 Å². The van der Waals surface area contributed by atoms with Gasteiger partial charge in [0.25, 0.3) is 0 Å². The zero-order valence-corrected chi connectivity index (χ0v) is 10.6. The first-order valence-electron chi connectivity index (χ1n) is 5.54. The molecule has 0 radical (unpaired) electrons. The maximum Gasteiger partial charge on any atom is 0.101 e. The number of nitrogens with zero attached hydrogens (tertiary/aromatic N) is 2. The molecule has 1 aromatic heterocycles. The summed E-state index contributed by atoms with van der Waals surface area (Å²) in [7, 11) is 2.03. The Labute approximate surface area is 106 Å². The Morgan fingerprint density at radius 1 is 1.24 bits per heavy atom. The van der Waals surface area contributed by atoms with Gasteiger partial charge in [0.05, 0.1) is 11.3 Å². The molecule has 0 spiro atoms. The lowest BCUT2D eigenvalue weighted by Crippen LogP contribution is -2.20. The molecule has 0 aliphatic carbocycles. The Kier molecular flexibility index (Phi) is 3.79. The fourth-order valence-corrected chi connectivity index (χ4v) is 2.45. The molecule has 1 aromatic carbocycles. The highest BCUT2D eigenvalue weighted by Crippen LogP contribution is 2.19. The monoisotopic (exact) mass is 242 g/mol. The molecule has 2 rings (SSSR count). The van der Waals surface area contributed by atoms with Crippen LogP contribution in [0.3, 0.4) is 0 Å². The van der Waals surface area contributed by atoms with Crippen molar-refractivity contribution in [1.82, 2.24) is 0 Å². The molecule has 0 saturated heterocycles. The predicted molar refractivity (Wildman–Crippen MR) is 72.5 cm³/mol. The van der Waals surface area contributed by atoms with Crippen molar-refractivity contribution in [2.45, 2.75) is 6.42 Å². The van der Waals surface area contributed by atoms with E-state index in [-0.39, 0.29) is 0 Å². The largest absolute Gasteiger partial charge is 0.373 e. The van der Waals surface area contributed by atoms with Gasteiger partial charge in [-0.05, 0) is 30.0 Å². The molecular formula is C14H14N2S. The van der Waals surface area contributed by atoms with E-state index in [4.69, 9.17) is 5.26 Å². The van der Waals surface area contributed by atoms with Crippen LogP contribution in [0.4, 0.5) is 5.69 Å². The summed E-state index contributed by atoms with van der Waals surface area (Å²) in [5.74, 6) is 0. The summed E-state index contributed by atoms with van der Waals surface area (Å²) in [5, 5.41) is 11.1. The van der Waals surface area contributed by atoms with Gasteiger partial charge >= 0.3 is 0 Å². The van der Waals surface area contributed by atoms with Crippen molar-refractivity contribution in [2.75, 3.05) is 18.5 Å². The van der Waals surface area contributed by atoms with E-state index in [0.717, 1.165) is 24.2 Å². The average Bonchev–Trinajstić information content (AvgIpc) is 2.89. The van der Waals surface area contributed by atoms with Gasteiger partial charge in [-0.15, -0.1) is 11.3 Å². The van der Waals surface area contributed by atoms with E-state index in [9.17, 15) is 0 Å². The Hall–Kier alpha value is -1.79. The summed E-state index contributed by atoms with van der Waals surface area (Å²) in [6.07, 6.45) is 1.02. The van der Waals surface area contributed by atoms with Crippen LogP contribution in [0.15, 0.2) is 41.8 Å². The maximum absolute atomic E-state index is 9.04. The van der Waals surface area contributed by atoms with Crippen LogP contribution < -0.4 is 4.90 Å². The van der Waals surface area contributed by atoms with Gasteiger partial charge in [-0.1, -0.05) is 18.2 Å². The normalized spacial score (nSPS) is 9.88. The van der Waals surface area contributed by atoms with E-state index in [1.165, 1.54) is 4.88 Å². The molecule has 2 nitrogen and oxygen atoms in total. The highest BCUT2D eigenvalue weighted by atomic mass is 32.1. The Bertz CT molecular complexity index is 511. The summed E-state index contributed by atoms with van der Waals surface area (Å²) in [6, 6.07) is 14.2. The number of para-hydroxylation sites is 1. The molecule has 0 fully saturated rings. The summed E-state index contributed by atoms with van der Waals surface area (Å²) >= 11 is 1.78. The lowest BCUT2D eigenvalue weighted by atomic mass is 10.2. The third-order valence-corrected chi connectivity index (χ3v) is 3.65. The molecule has 0 bridgehead atoms. The summed E-state index contributed by atoms with van der Waals surface area (Å²) in [4.78, 5) is 3.52. The smallest absolute Gasteiger partial charge is 0.101 e. The first-order chi connectivity index (χ1) is 8.31.